The minimum atomic E-state index is -0.536. The van der Waals surface area contributed by atoms with Crippen molar-refractivity contribution in [3.63, 3.8) is 0 Å². The molecule has 3 heteroatoms. The molecule has 0 fully saturated rings. The van der Waals surface area contributed by atoms with Gasteiger partial charge in [0.05, 0.1) is 6.04 Å². The third-order valence-corrected chi connectivity index (χ3v) is 2.13. The van der Waals surface area contributed by atoms with Gasteiger partial charge in [-0.25, -0.2) is 0 Å². The molecule has 0 aromatic heterocycles. The van der Waals surface area contributed by atoms with E-state index in [1.54, 1.807) is 11.9 Å². The van der Waals surface area contributed by atoms with Crippen LogP contribution < -0.4 is 5.73 Å². The molecular formula is C11H20N2O. The fourth-order valence-electron chi connectivity index (χ4n) is 1.21. The summed E-state index contributed by atoms with van der Waals surface area (Å²) >= 11 is 0. The van der Waals surface area contributed by atoms with Crippen molar-refractivity contribution < 1.29 is 4.79 Å². The molecule has 80 valence electrons. The number of carbonyl (C=O) groups is 1. The summed E-state index contributed by atoms with van der Waals surface area (Å²) in [6.45, 7) is 2.90. The van der Waals surface area contributed by atoms with Gasteiger partial charge in [-0.05, 0) is 6.42 Å². The van der Waals surface area contributed by atoms with Crippen molar-refractivity contribution in [3.8, 4) is 12.3 Å². The van der Waals surface area contributed by atoms with E-state index in [0.29, 0.717) is 6.42 Å². The summed E-state index contributed by atoms with van der Waals surface area (Å²) in [5.41, 5.74) is 5.60. The van der Waals surface area contributed by atoms with Gasteiger partial charge in [-0.1, -0.05) is 19.8 Å². The molecule has 0 rings (SSSR count). The predicted octanol–water partition coefficient (Wildman–Crippen LogP) is 0.986. The number of likely N-dealkylation sites (N-methyl/N-ethyl adjacent to an activating group) is 1. The Labute approximate surface area is 86.6 Å². The lowest BCUT2D eigenvalue weighted by molar-refractivity contribution is -0.131. The van der Waals surface area contributed by atoms with Crippen LogP contribution in [-0.2, 0) is 4.79 Å². The largest absolute Gasteiger partial charge is 0.344 e. The Morgan fingerprint density at radius 3 is 2.71 bits per heavy atom. The van der Waals surface area contributed by atoms with Crippen molar-refractivity contribution in [2.75, 3.05) is 13.6 Å². The Morgan fingerprint density at radius 1 is 1.57 bits per heavy atom. The standard InChI is InChI=1S/C11H20N2O/c1-4-6-7-9-13(3)11(14)10(12)8-5-2/h2,10H,4,6-9,12H2,1,3H3. The minimum Gasteiger partial charge on any atom is -0.344 e. The summed E-state index contributed by atoms with van der Waals surface area (Å²) in [5, 5.41) is 0. The molecule has 0 bridgehead atoms. The van der Waals surface area contributed by atoms with Crippen LogP contribution in [0.4, 0.5) is 0 Å². The molecular weight excluding hydrogens is 176 g/mol. The highest BCUT2D eigenvalue weighted by Gasteiger charge is 2.15. The normalized spacial score (nSPS) is 11.9. The first kappa shape index (κ1) is 13.0. The van der Waals surface area contributed by atoms with Gasteiger partial charge in [0, 0.05) is 20.0 Å². The first-order valence-corrected chi connectivity index (χ1v) is 5.07. The Hall–Kier alpha value is -1.01. The molecule has 1 amide bonds. The lowest BCUT2D eigenvalue weighted by atomic mass is 10.2. The van der Waals surface area contributed by atoms with E-state index >= 15 is 0 Å². The SMILES string of the molecule is C#CCC(N)C(=O)N(C)CCCCC. The van der Waals surface area contributed by atoms with E-state index in [0.717, 1.165) is 25.8 Å². The van der Waals surface area contributed by atoms with E-state index in [9.17, 15) is 4.79 Å². The highest BCUT2D eigenvalue weighted by molar-refractivity contribution is 5.81. The average Bonchev–Trinajstić information content (AvgIpc) is 2.17. The second-order valence-corrected chi connectivity index (χ2v) is 3.48. The van der Waals surface area contributed by atoms with Crippen molar-refractivity contribution >= 4 is 5.91 Å². The molecule has 3 nitrogen and oxygen atoms in total. The van der Waals surface area contributed by atoms with Gasteiger partial charge in [0.1, 0.15) is 0 Å². The molecule has 0 spiro atoms. The number of unbranched alkanes of at least 4 members (excludes halogenated alkanes) is 2. The first-order chi connectivity index (χ1) is 6.63. The van der Waals surface area contributed by atoms with Crippen LogP contribution in [0.1, 0.15) is 32.6 Å². The predicted molar refractivity (Wildman–Crippen MR) is 58.6 cm³/mol. The van der Waals surface area contributed by atoms with Crippen LogP contribution in [0.3, 0.4) is 0 Å². The van der Waals surface area contributed by atoms with E-state index < -0.39 is 6.04 Å². The zero-order valence-electron chi connectivity index (χ0n) is 9.12. The zero-order chi connectivity index (χ0) is 11.0. The van der Waals surface area contributed by atoms with E-state index in [-0.39, 0.29) is 5.91 Å². The second-order valence-electron chi connectivity index (χ2n) is 3.48. The van der Waals surface area contributed by atoms with Gasteiger partial charge in [0.25, 0.3) is 0 Å². The molecule has 2 N–H and O–H groups in total. The van der Waals surface area contributed by atoms with Crippen LogP contribution in [0.2, 0.25) is 0 Å². The quantitative estimate of drug-likeness (QED) is 0.508. The highest BCUT2D eigenvalue weighted by Crippen LogP contribution is 1.99. The van der Waals surface area contributed by atoms with Crippen molar-refractivity contribution in [1.29, 1.82) is 0 Å². The van der Waals surface area contributed by atoms with E-state index in [1.807, 2.05) is 0 Å². The van der Waals surface area contributed by atoms with Gasteiger partial charge in [-0.3, -0.25) is 4.79 Å². The number of rotatable bonds is 6. The average molecular weight is 196 g/mol. The van der Waals surface area contributed by atoms with Crippen LogP contribution in [0.5, 0.6) is 0 Å². The van der Waals surface area contributed by atoms with Crippen molar-refractivity contribution in [2.24, 2.45) is 5.73 Å². The Kier molecular flexibility index (Phi) is 6.87. The number of amides is 1. The molecule has 14 heavy (non-hydrogen) atoms. The summed E-state index contributed by atoms with van der Waals surface area (Å²) in [6, 6.07) is -0.536. The van der Waals surface area contributed by atoms with Crippen LogP contribution in [0.15, 0.2) is 0 Å². The number of nitrogens with two attached hydrogens (primary N) is 1. The summed E-state index contributed by atoms with van der Waals surface area (Å²) in [7, 11) is 1.77. The maximum atomic E-state index is 11.5. The van der Waals surface area contributed by atoms with Gasteiger partial charge in [-0.15, -0.1) is 12.3 Å². The van der Waals surface area contributed by atoms with E-state index in [1.165, 1.54) is 0 Å². The topological polar surface area (TPSA) is 46.3 Å². The van der Waals surface area contributed by atoms with Crippen molar-refractivity contribution in [1.82, 2.24) is 4.90 Å². The van der Waals surface area contributed by atoms with Crippen LogP contribution in [0, 0.1) is 12.3 Å². The molecule has 0 saturated heterocycles. The third-order valence-electron chi connectivity index (χ3n) is 2.13. The molecule has 1 atom stereocenters. The molecule has 0 aromatic rings. The highest BCUT2D eigenvalue weighted by atomic mass is 16.2. The molecule has 0 aliphatic carbocycles. The lowest BCUT2D eigenvalue weighted by Crippen LogP contribution is -2.41. The Balaban J connectivity index is 3.81. The fraction of sp³-hybridized carbons (Fsp3) is 0.727. The van der Waals surface area contributed by atoms with Gasteiger partial charge < -0.3 is 10.6 Å². The maximum absolute atomic E-state index is 11.5. The second kappa shape index (κ2) is 7.40. The number of hydrogen-bond donors (Lipinski definition) is 1. The van der Waals surface area contributed by atoms with Gasteiger partial charge in [0.15, 0.2) is 0 Å². The first-order valence-electron chi connectivity index (χ1n) is 5.07. The lowest BCUT2D eigenvalue weighted by Gasteiger charge is -2.19. The van der Waals surface area contributed by atoms with Crippen LogP contribution >= 0.6 is 0 Å². The minimum absolute atomic E-state index is 0.0564. The van der Waals surface area contributed by atoms with Gasteiger partial charge in [-0.2, -0.15) is 0 Å². The monoisotopic (exact) mass is 196 g/mol. The number of terminal acetylenes is 1. The van der Waals surface area contributed by atoms with Gasteiger partial charge >= 0.3 is 0 Å². The fourth-order valence-corrected chi connectivity index (χ4v) is 1.21. The van der Waals surface area contributed by atoms with E-state index in [4.69, 9.17) is 12.2 Å². The maximum Gasteiger partial charge on any atom is 0.240 e. The molecule has 0 aliphatic rings. The van der Waals surface area contributed by atoms with Crippen LogP contribution in [-0.4, -0.2) is 30.4 Å². The smallest absolute Gasteiger partial charge is 0.240 e. The van der Waals surface area contributed by atoms with Crippen molar-refractivity contribution in [3.05, 3.63) is 0 Å². The summed E-state index contributed by atoms with van der Waals surface area (Å²) in [4.78, 5) is 13.2. The molecule has 0 aliphatic heterocycles. The zero-order valence-corrected chi connectivity index (χ0v) is 9.12. The number of nitrogens with zero attached hydrogens (tertiary/aromatic N) is 1. The Morgan fingerprint density at radius 2 is 2.21 bits per heavy atom. The molecule has 0 aromatic carbocycles. The summed E-state index contributed by atoms with van der Waals surface area (Å²) in [5.74, 6) is 2.34. The molecule has 0 heterocycles. The molecule has 1 unspecified atom stereocenters. The van der Waals surface area contributed by atoms with Gasteiger partial charge in [0.2, 0.25) is 5.91 Å². The Bertz CT molecular complexity index is 208. The summed E-state index contributed by atoms with van der Waals surface area (Å²) < 4.78 is 0. The number of carbonyl (C=O) groups excluding carboxylic acids is 1. The summed E-state index contributed by atoms with van der Waals surface area (Å²) in [6.07, 6.45) is 8.73. The molecule has 0 radical (unpaired) electrons. The number of hydrogen-bond acceptors (Lipinski definition) is 2. The van der Waals surface area contributed by atoms with E-state index in [2.05, 4.69) is 12.8 Å². The van der Waals surface area contributed by atoms with Crippen molar-refractivity contribution in [2.45, 2.75) is 38.6 Å². The third kappa shape index (κ3) is 4.88. The molecule has 0 saturated carbocycles. The van der Waals surface area contributed by atoms with Crippen LogP contribution in [0.25, 0.3) is 0 Å².